The molecule has 0 amide bonds. The number of hydrogen-bond acceptors (Lipinski definition) is 6. The van der Waals surface area contributed by atoms with E-state index in [9.17, 15) is 22.4 Å². The molecule has 0 fully saturated rings. The molecule has 0 radical (unpaired) electrons. The van der Waals surface area contributed by atoms with Crippen LogP contribution in [0.15, 0.2) is 24.4 Å². The van der Waals surface area contributed by atoms with E-state index in [4.69, 9.17) is 4.74 Å². The Kier molecular flexibility index (Phi) is 7.02. The Hall–Kier alpha value is -3.04. The normalized spacial score (nSPS) is 10.9. The van der Waals surface area contributed by atoms with Crippen LogP contribution in [0.1, 0.15) is 24.2 Å². The molecule has 2 rings (SSSR count). The number of carbonyl (C=O) groups is 1. The third-order valence-electron chi connectivity index (χ3n) is 3.41. The highest BCUT2D eigenvalue weighted by molar-refractivity contribution is 5.93. The molecule has 0 atom stereocenters. The predicted octanol–water partition coefficient (Wildman–Crippen LogP) is 4.35. The fourth-order valence-electron chi connectivity index (χ4n) is 2.26. The lowest BCUT2D eigenvalue weighted by Crippen LogP contribution is -2.14. The number of esters is 1. The number of aromatic nitrogens is 1. The zero-order valence-corrected chi connectivity index (χ0v) is 15.4. The molecule has 0 saturated heterocycles. The maximum atomic E-state index is 14.3. The molecule has 10 heteroatoms. The number of carbonyl (C=O) groups excluding carboxylic acids is 1. The van der Waals surface area contributed by atoms with Crippen molar-refractivity contribution < 1.29 is 31.8 Å². The number of hydrogen-bond donors (Lipinski definition) is 2. The first-order valence-electron chi connectivity index (χ1n) is 8.23. The van der Waals surface area contributed by atoms with Gasteiger partial charge in [-0.3, -0.25) is 0 Å². The second-order valence-corrected chi connectivity index (χ2v) is 6.00. The second-order valence-electron chi connectivity index (χ2n) is 6.00. The van der Waals surface area contributed by atoms with E-state index in [1.807, 2.05) is 13.8 Å². The van der Waals surface area contributed by atoms with Gasteiger partial charge < -0.3 is 20.1 Å². The van der Waals surface area contributed by atoms with Crippen LogP contribution < -0.4 is 15.4 Å². The summed E-state index contributed by atoms with van der Waals surface area (Å²) in [6, 6.07) is 3.21. The zero-order chi connectivity index (χ0) is 20.8. The summed E-state index contributed by atoms with van der Waals surface area (Å²) in [5.74, 6) is -2.78. The zero-order valence-electron chi connectivity index (χ0n) is 15.4. The van der Waals surface area contributed by atoms with Gasteiger partial charge in [-0.15, -0.1) is 0 Å². The maximum Gasteiger partial charge on any atom is 0.340 e. The van der Waals surface area contributed by atoms with Gasteiger partial charge in [-0.1, -0.05) is 0 Å². The van der Waals surface area contributed by atoms with Crippen molar-refractivity contribution in [3.05, 3.63) is 41.6 Å². The van der Waals surface area contributed by atoms with E-state index < -0.39 is 30.6 Å². The van der Waals surface area contributed by atoms with Crippen molar-refractivity contribution in [1.82, 2.24) is 4.98 Å². The van der Waals surface area contributed by atoms with Crippen LogP contribution in [-0.4, -0.2) is 37.1 Å². The number of halogens is 4. The molecule has 1 aromatic carbocycles. The third-order valence-corrected chi connectivity index (χ3v) is 3.41. The van der Waals surface area contributed by atoms with E-state index in [2.05, 4.69) is 20.4 Å². The standard InChI is InChI=1S/C18H19F4N3O3/c1-9(2)24-14-4-10(18(26)27-3)11(19)5-15(14)25-13-6-17(23-7-12(13)20)28-8-16(21)22/h4-7,9,16,24H,8H2,1-3H3,(H,23,25). The van der Waals surface area contributed by atoms with E-state index in [1.54, 1.807) is 0 Å². The summed E-state index contributed by atoms with van der Waals surface area (Å²) in [4.78, 5) is 15.3. The number of nitrogens with one attached hydrogen (secondary N) is 2. The van der Waals surface area contributed by atoms with Crippen molar-refractivity contribution in [3.8, 4) is 5.88 Å². The van der Waals surface area contributed by atoms with Crippen LogP contribution in [0, 0.1) is 11.6 Å². The van der Waals surface area contributed by atoms with Gasteiger partial charge in [0.15, 0.2) is 12.4 Å². The van der Waals surface area contributed by atoms with Crippen LogP contribution in [0.3, 0.4) is 0 Å². The minimum atomic E-state index is -2.72. The average molecular weight is 401 g/mol. The number of ether oxygens (including phenoxy) is 2. The average Bonchev–Trinajstić information content (AvgIpc) is 2.63. The Morgan fingerprint density at radius 3 is 2.43 bits per heavy atom. The van der Waals surface area contributed by atoms with Crippen molar-refractivity contribution in [3.63, 3.8) is 0 Å². The molecule has 28 heavy (non-hydrogen) atoms. The highest BCUT2D eigenvalue weighted by Crippen LogP contribution is 2.31. The molecular formula is C18H19F4N3O3. The Balaban J connectivity index is 2.40. The van der Waals surface area contributed by atoms with E-state index >= 15 is 0 Å². The fraction of sp³-hybridized carbons (Fsp3) is 0.333. The lowest BCUT2D eigenvalue weighted by molar-refractivity contribution is 0.0595. The van der Waals surface area contributed by atoms with Crippen LogP contribution in [0.5, 0.6) is 5.88 Å². The summed E-state index contributed by atoms with van der Waals surface area (Å²) < 4.78 is 62.3. The number of nitrogens with zero attached hydrogens (tertiary/aromatic N) is 1. The maximum absolute atomic E-state index is 14.3. The van der Waals surface area contributed by atoms with Crippen LogP contribution in [-0.2, 0) is 4.74 Å². The van der Waals surface area contributed by atoms with Gasteiger partial charge in [0.2, 0.25) is 5.88 Å². The van der Waals surface area contributed by atoms with Crippen molar-refractivity contribution in [2.45, 2.75) is 26.3 Å². The summed E-state index contributed by atoms with van der Waals surface area (Å²) >= 11 is 0. The molecular weight excluding hydrogens is 382 g/mol. The second kappa shape index (κ2) is 9.25. The van der Waals surface area contributed by atoms with Gasteiger partial charge in [0, 0.05) is 18.2 Å². The van der Waals surface area contributed by atoms with E-state index in [0.717, 1.165) is 25.4 Å². The number of alkyl halides is 2. The third kappa shape index (κ3) is 5.48. The molecule has 152 valence electrons. The van der Waals surface area contributed by atoms with Gasteiger partial charge in [0.1, 0.15) is 5.82 Å². The number of benzene rings is 1. The number of anilines is 3. The first kappa shape index (κ1) is 21.3. The van der Waals surface area contributed by atoms with Crippen LogP contribution in [0.25, 0.3) is 0 Å². The predicted molar refractivity (Wildman–Crippen MR) is 95.5 cm³/mol. The molecule has 2 aromatic rings. The lowest BCUT2D eigenvalue weighted by atomic mass is 10.1. The molecule has 0 bridgehead atoms. The van der Waals surface area contributed by atoms with E-state index in [0.29, 0.717) is 5.69 Å². The molecule has 0 aliphatic carbocycles. The van der Waals surface area contributed by atoms with Gasteiger partial charge in [-0.25, -0.2) is 27.3 Å². The summed E-state index contributed by atoms with van der Waals surface area (Å²) in [6.07, 6.45) is -1.93. The first-order valence-corrected chi connectivity index (χ1v) is 8.23. The van der Waals surface area contributed by atoms with Crippen molar-refractivity contribution >= 4 is 23.0 Å². The molecule has 0 spiro atoms. The summed E-state index contributed by atoms with van der Waals surface area (Å²) in [5.41, 5.74) is -0.0459. The Labute approximate surface area is 158 Å². The largest absolute Gasteiger partial charge is 0.472 e. The van der Waals surface area contributed by atoms with Crippen LogP contribution in [0.2, 0.25) is 0 Å². The topological polar surface area (TPSA) is 72.5 Å². The fourth-order valence-corrected chi connectivity index (χ4v) is 2.26. The van der Waals surface area contributed by atoms with E-state index in [1.165, 1.54) is 6.07 Å². The van der Waals surface area contributed by atoms with Crippen molar-refractivity contribution in [2.75, 3.05) is 24.4 Å². The van der Waals surface area contributed by atoms with Gasteiger partial charge >= 0.3 is 5.97 Å². The first-order chi connectivity index (χ1) is 13.2. The SMILES string of the molecule is COC(=O)c1cc(NC(C)C)c(Nc2cc(OCC(F)F)ncc2F)cc1F. The Bertz CT molecular complexity index is 847. The Morgan fingerprint density at radius 1 is 1.11 bits per heavy atom. The van der Waals surface area contributed by atoms with Crippen molar-refractivity contribution in [2.24, 2.45) is 0 Å². The smallest absolute Gasteiger partial charge is 0.340 e. The van der Waals surface area contributed by atoms with E-state index in [-0.39, 0.29) is 28.9 Å². The molecule has 1 aromatic heterocycles. The quantitative estimate of drug-likeness (QED) is 0.506. The van der Waals surface area contributed by atoms with Gasteiger partial charge in [0.05, 0.1) is 35.9 Å². The minimum Gasteiger partial charge on any atom is -0.472 e. The lowest BCUT2D eigenvalue weighted by Gasteiger charge is -2.18. The number of pyridine rings is 1. The molecule has 0 aliphatic rings. The molecule has 1 heterocycles. The Morgan fingerprint density at radius 2 is 1.82 bits per heavy atom. The van der Waals surface area contributed by atoms with Gasteiger partial charge in [0.25, 0.3) is 6.43 Å². The summed E-state index contributed by atoms with van der Waals surface area (Å²) in [6.45, 7) is 2.73. The van der Waals surface area contributed by atoms with Gasteiger partial charge in [-0.2, -0.15) is 0 Å². The number of methoxy groups -OCH3 is 1. The van der Waals surface area contributed by atoms with Crippen LogP contribution >= 0.6 is 0 Å². The van der Waals surface area contributed by atoms with Crippen LogP contribution in [0.4, 0.5) is 34.6 Å². The van der Waals surface area contributed by atoms with Crippen molar-refractivity contribution in [1.29, 1.82) is 0 Å². The van der Waals surface area contributed by atoms with Gasteiger partial charge in [-0.05, 0) is 19.9 Å². The highest BCUT2D eigenvalue weighted by atomic mass is 19.3. The highest BCUT2D eigenvalue weighted by Gasteiger charge is 2.18. The number of rotatable bonds is 8. The monoisotopic (exact) mass is 401 g/mol. The molecule has 0 aliphatic heterocycles. The minimum absolute atomic E-state index is 0.0938. The molecule has 0 unspecified atom stereocenters. The summed E-state index contributed by atoms with van der Waals surface area (Å²) in [7, 11) is 1.12. The molecule has 0 saturated carbocycles. The molecule has 2 N–H and O–H groups in total. The summed E-state index contributed by atoms with van der Waals surface area (Å²) in [5, 5.41) is 5.67. The molecule has 6 nitrogen and oxygen atoms in total.